The highest BCUT2D eigenvalue weighted by Gasteiger charge is 2.47. The second-order valence-electron chi connectivity index (χ2n) is 8.84. The predicted octanol–water partition coefficient (Wildman–Crippen LogP) is 3.30. The van der Waals surface area contributed by atoms with Gasteiger partial charge in [-0.3, -0.25) is 9.59 Å². The average molecular weight is 396 g/mol. The van der Waals surface area contributed by atoms with Crippen LogP contribution in [-0.2, 0) is 16.0 Å². The van der Waals surface area contributed by atoms with E-state index in [0.717, 1.165) is 43.5 Å². The van der Waals surface area contributed by atoms with Gasteiger partial charge in [-0.1, -0.05) is 35.0 Å². The minimum Gasteiger partial charge on any atom is -0.361 e. The fourth-order valence-corrected chi connectivity index (χ4v) is 4.37. The van der Waals surface area contributed by atoms with Crippen molar-refractivity contribution in [3.05, 3.63) is 41.7 Å². The van der Waals surface area contributed by atoms with Crippen molar-refractivity contribution in [3.8, 4) is 11.3 Å². The third-order valence-electron chi connectivity index (χ3n) is 6.09. The zero-order valence-corrected chi connectivity index (χ0v) is 17.5. The van der Waals surface area contributed by atoms with E-state index in [0.29, 0.717) is 18.7 Å². The van der Waals surface area contributed by atoms with E-state index in [1.165, 1.54) is 5.56 Å². The Morgan fingerprint density at radius 2 is 1.97 bits per heavy atom. The van der Waals surface area contributed by atoms with Crippen LogP contribution in [0, 0.1) is 18.3 Å². The van der Waals surface area contributed by atoms with Crippen LogP contribution in [0.2, 0.25) is 0 Å². The first-order chi connectivity index (χ1) is 13.9. The number of carbonyl (C=O) groups excluding carboxylic acids is 2. The lowest BCUT2D eigenvalue weighted by Crippen LogP contribution is -2.54. The summed E-state index contributed by atoms with van der Waals surface area (Å²) in [6.07, 6.45) is 3.99. The van der Waals surface area contributed by atoms with E-state index >= 15 is 0 Å². The number of nitrogens with zero attached hydrogens (tertiary/aromatic N) is 3. The van der Waals surface area contributed by atoms with Crippen molar-refractivity contribution in [2.75, 3.05) is 27.2 Å². The summed E-state index contributed by atoms with van der Waals surface area (Å²) < 4.78 is 5.64. The van der Waals surface area contributed by atoms with Crippen molar-refractivity contribution in [3.63, 3.8) is 0 Å². The minimum atomic E-state index is -0.656. The molecule has 29 heavy (non-hydrogen) atoms. The molecule has 1 aromatic heterocycles. The van der Waals surface area contributed by atoms with Crippen molar-refractivity contribution in [1.82, 2.24) is 15.0 Å². The van der Waals surface area contributed by atoms with Gasteiger partial charge in [-0.05, 0) is 32.6 Å². The van der Waals surface area contributed by atoms with Crippen molar-refractivity contribution >= 4 is 11.8 Å². The van der Waals surface area contributed by atoms with Gasteiger partial charge in [-0.25, -0.2) is 0 Å². The maximum atomic E-state index is 13.2. The molecule has 0 radical (unpaired) electrons. The number of benzene rings is 1. The summed E-state index contributed by atoms with van der Waals surface area (Å²) in [7, 11) is 3.56. The first-order valence-electron chi connectivity index (χ1n) is 10.4. The molecule has 2 heterocycles. The summed E-state index contributed by atoms with van der Waals surface area (Å²) in [5, 5.41) is 4.23. The molecular formula is C23H29N3O3. The Bertz CT molecular complexity index is 898. The molecule has 0 spiro atoms. The number of piperidine rings is 1. The zero-order chi connectivity index (χ0) is 20.6. The van der Waals surface area contributed by atoms with E-state index in [9.17, 15) is 9.59 Å². The molecule has 0 bridgehead atoms. The average Bonchev–Trinajstić information content (AvgIpc) is 3.47. The van der Waals surface area contributed by atoms with Gasteiger partial charge in [-0.2, -0.15) is 0 Å². The van der Waals surface area contributed by atoms with Crippen LogP contribution in [0.3, 0.4) is 0 Å². The molecule has 2 fully saturated rings. The number of amides is 2. The van der Waals surface area contributed by atoms with Gasteiger partial charge in [0.1, 0.15) is 11.5 Å². The molecule has 154 valence electrons. The van der Waals surface area contributed by atoms with Crippen molar-refractivity contribution < 1.29 is 14.1 Å². The highest BCUT2D eigenvalue weighted by Crippen LogP contribution is 2.39. The molecule has 6 nitrogen and oxygen atoms in total. The predicted molar refractivity (Wildman–Crippen MR) is 110 cm³/mol. The summed E-state index contributed by atoms with van der Waals surface area (Å²) in [6.45, 7) is 3.25. The monoisotopic (exact) mass is 395 g/mol. The summed E-state index contributed by atoms with van der Waals surface area (Å²) in [5.74, 6) is 1.12. The van der Waals surface area contributed by atoms with Gasteiger partial charge in [-0.15, -0.1) is 0 Å². The molecule has 1 atom stereocenters. The van der Waals surface area contributed by atoms with E-state index in [1.807, 2.05) is 42.2 Å². The standard InChI is InChI=1S/C23H29N3O3/c1-16-5-7-17(8-6-16)20-13-19(29-24-20)14-23(22(28)25(2)3)11-4-12-26(15-23)21(27)18-9-10-18/h5-8,13,18H,4,9-12,14-15H2,1-3H3/t23-/m0/s1. The van der Waals surface area contributed by atoms with Crippen LogP contribution < -0.4 is 0 Å². The Labute approximate surface area is 171 Å². The molecule has 2 amide bonds. The van der Waals surface area contributed by atoms with Crippen LogP contribution >= 0.6 is 0 Å². The van der Waals surface area contributed by atoms with E-state index < -0.39 is 5.41 Å². The highest BCUT2D eigenvalue weighted by molar-refractivity contribution is 5.86. The van der Waals surface area contributed by atoms with Crippen LogP contribution in [0.1, 0.15) is 37.0 Å². The maximum absolute atomic E-state index is 13.2. The molecule has 4 rings (SSSR count). The van der Waals surface area contributed by atoms with Crippen LogP contribution in [-0.4, -0.2) is 54.0 Å². The van der Waals surface area contributed by atoms with Gasteiger partial charge in [0.25, 0.3) is 0 Å². The number of aryl methyl sites for hydroxylation is 1. The summed E-state index contributed by atoms with van der Waals surface area (Å²) in [4.78, 5) is 29.4. The molecule has 1 saturated carbocycles. The highest BCUT2D eigenvalue weighted by atomic mass is 16.5. The summed E-state index contributed by atoms with van der Waals surface area (Å²) in [5.41, 5.74) is 2.30. The Hall–Kier alpha value is -2.63. The van der Waals surface area contributed by atoms with Gasteiger partial charge in [0.15, 0.2) is 0 Å². The summed E-state index contributed by atoms with van der Waals surface area (Å²) in [6, 6.07) is 10.1. The van der Waals surface area contributed by atoms with E-state index in [4.69, 9.17) is 4.52 Å². The third-order valence-corrected chi connectivity index (χ3v) is 6.09. The van der Waals surface area contributed by atoms with Crippen molar-refractivity contribution in [2.45, 2.75) is 39.0 Å². The topological polar surface area (TPSA) is 66.7 Å². The van der Waals surface area contributed by atoms with E-state index in [1.54, 1.807) is 19.0 Å². The van der Waals surface area contributed by atoms with Crippen LogP contribution in [0.25, 0.3) is 11.3 Å². The molecule has 1 aliphatic carbocycles. The Morgan fingerprint density at radius 3 is 2.62 bits per heavy atom. The van der Waals surface area contributed by atoms with Crippen LogP contribution in [0.15, 0.2) is 34.9 Å². The number of hydrogen-bond acceptors (Lipinski definition) is 4. The quantitative estimate of drug-likeness (QED) is 0.779. The van der Waals surface area contributed by atoms with E-state index in [2.05, 4.69) is 5.16 Å². The Kier molecular flexibility index (Phi) is 5.19. The molecule has 0 unspecified atom stereocenters. The minimum absolute atomic E-state index is 0.0547. The first-order valence-corrected chi connectivity index (χ1v) is 10.4. The molecular weight excluding hydrogens is 366 g/mol. The lowest BCUT2D eigenvalue weighted by molar-refractivity contribution is -0.148. The lowest BCUT2D eigenvalue weighted by Gasteiger charge is -2.42. The smallest absolute Gasteiger partial charge is 0.230 e. The second kappa shape index (κ2) is 7.65. The normalized spacial score (nSPS) is 21.8. The van der Waals surface area contributed by atoms with Crippen molar-refractivity contribution in [2.24, 2.45) is 11.3 Å². The fourth-order valence-electron chi connectivity index (χ4n) is 4.37. The van der Waals surface area contributed by atoms with Crippen LogP contribution in [0.5, 0.6) is 0 Å². The maximum Gasteiger partial charge on any atom is 0.230 e. The van der Waals surface area contributed by atoms with Gasteiger partial charge in [0.05, 0.1) is 5.41 Å². The first kappa shape index (κ1) is 19.7. The SMILES string of the molecule is Cc1ccc(-c2cc(C[C@@]3(C(=O)N(C)C)CCCN(C(=O)C4CC4)C3)on2)cc1. The molecule has 1 saturated heterocycles. The molecule has 6 heteroatoms. The zero-order valence-electron chi connectivity index (χ0n) is 17.5. The lowest BCUT2D eigenvalue weighted by atomic mass is 9.75. The third kappa shape index (κ3) is 4.07. The second-order valence-corrected chi connectivity index (χ2v) is 8.84. The molecule has 1 aromatic carbocycles. The van der Waals surface area contributed by atoms with Gasteiger partial charge in [0.2, 0.25) is 11.8 Å². The Morgan fingerprint density at radius 1 is 1.24 bits per heavy atom. The summed E-state index contributed by atoms with van der Waals surface area (Å²) >= 11 is 0. The van der Waals surface area contributed by atoms with Gasteiger partial charge < -0.3 is 14.3 Å². The Balaban J connectivity index is 1.58. The number of likely N-dealkylation sites (tertiary alicyclic amines) is 1. The molecule has 2 aromatic rings. The largest absolute Gasteiger partial charge is 0.361 e. The fraction of sp³-hybridized carbons (Fsp3) is 0.522. The number of rotatable bonds is 5. The molecule has 0 N–H and O–H groups in total. The molecule has 1 aliphatic heterocycles. The number of hydrogen-bond donors (Lipinski definition) is 0. The van der Waals surface area contributed by atoms with Crippen LogP contribution in [0.4, 0.5) is 0 Å². The van der Waals surface area contributed by atoms with Gasteiger partial charge in [0, 0.05) is 51.2 Å². The number of aromatic nitrogens is 1. The van der Waals surface area contributed by atoms with Gasteiger partial charge >= 0.3 is 0 Å². The molecule has 2 aliphatic rings. The van der Waals surface area contributed by atoms with Crippen molar-refractivity contribution in [1.29, 1.82) is 0 Å². The number of carbonyl (C=O) groups is 2. The van der Waals surface area contributed by atoms with E-state index in [-0.39, 0.29) is 17.7 Å².